The van der Waals surface area contributed by atoms with Crippen molar-refractivity contribution in [1.82, 2.24) is 4.98 Å². The number of anilines is 2. The summed E-state index contributed by atoms with van der Waals surface area (Å²) in [6, 6.07) is 1.52. The summed E-state index contributed by atoms with van der Waals surface area (Å²) in [6.45, 7) is 1.16. The molecule has 88 valence electrons. The molecule has 6 nitrogen and oxygen atoms in total. The number of hydrogen-bond acceptors (Lipinski definition) is 6. The van der Waals surface area contributed by atoms with E-state index in [-0.39, 0.29) is 0 Å². The van der Waals surface area contributed by atoms with Gasteiger partial charge in [-0.2, -0.15) is 0 Å². The van der Waals surface area contributed by atoms with Crippen LogP contribution >= 0.6 is 0 Å². The maximum absolute atomic E-state index is 11.2. The number of aromatic nitrogens is 1. The van der Waals surface area contributed by atoms with Gasteiger partial charge in [-0.25, -0.2) is 9.78 Å². The third-order valence-corrected chi connectivity index (χ3v) is 1.94. The first-order valence-corrected chi connectivity index (χ1v) is 4.75. The molecule has 0 aromatic carbocycles. The number of methoxy groups -OCH3 is 2. The second-order valence-corrected chi connectivity index (χ2v) is 3.07. The summed E-state index contributed by atoms with van der Waals surface area (Å²) >= 11 is 0. The number of nitrogen functional groups attached to an aromatic ring is 1. The summed E-state index contributed by atoms with van der Waals surface area (Å²) in [5.41, 5.74) is 6.46. The Labute approximate surface area is 93.8 Å². The Balaban J connectivity index is 2.71. The molecule has 6 heteroatoms. The van der Waals surface area contributed by atoms with E-state index in [2.05, 4.69) is 15.0 Å². The number of nitrogens with zero attached hydrogens (tertiary/aromatic N) is 1. The molecule has 0 spiro atoms. The van der Waals surface area contributed by atoms with Crippen molar-refractivity contribution in [3.63, 3.8) is 0 Å². The number of hydrogen-bond donors (Lipinski definition) is 2. The van der Waals surface area contributed by atoms with Crippen LogP contribution in [0.5, 0.6) is 0 Å². The van der Waals surface area contributed by atoms with Gasteiger partial charge in [-0.3, -0.25) is 0 Å². The molecular formula is C10H15N3O3. The van der Waals surface area contributed by atoms with E-state index in [9.17, 15) is 4.79 Å². The summed E-state index contributed by atoms with van der Waals surface area (Å²) in [4.78, 5) is 15.2. The van der Waals surface area contributed by atoms with Crippen LogP contribution in [0, 0.1) is 0 Å². The van der Waals surface area contributed by atoms with Crippen molar-refractivity contribution >= 4 is 17.5 Å². The van der Waals surface area contributed by atoms with Crippen LogP contribution in [0.3, 0.4) is 0 Å². The van der Waals surface area contributed by atoms with E-state index in [1.807, 2.05) is 0 Å². The van der Waals surface area contributed by atoms with Crippen LogP contribution in [0.1, 0.15) is 10.4 Å². The molecule has 0 aliphatic carbocycles. The largest absolute Gasteiger partial charge is 0.465 e. The van der Waals surface area contributed by atoms with E-state index >= 15 is 0 Å². The lowest BCUT2D eigenvalue weighted by Crippen LogP contribution is -2.12. The van der Waals surface area contributed by atoms with Gasteiger partial charge in [0.05, 0.1) is 25.0 Å². The first kappa shape index (κ1) is 12.3. The van der Waals surface area contributed by atoms with Crippen LogP contribution in [-0.4, -0.2) is 38.3 Å². The SMILES string of the molecule is COCCNc1ncc(C(=O)OC)cc1N. The van der Waals surface area contributed by atoms with Gasteiger partial charge < -0.3 is 20.5 Å². The van der Waals surface area contributed by atoms with Crippen LogP contribution in [0.25, 0.3) is 0 Å². The predicted molar refractivity (Wildman–Crippen MR) is 60.4 cm³/mol. The summed E-state index contributed by atoms with van der Waals surface area (Å²) in [6.07, 6.45) is 1.41. The fourth-order valence-electron chi connectivity index (χ4n) is 1.13. The molecule has 16 heavy (non-hydrogen) atoms. The summed E-state index contributed by atoms with van der Waals surface area (Å²) in [7, 11) is 2.92. The fraction of sp³-hybridized carbons (Fsp3) is 0.400. The van der Waals surface area contributed by atoms with Gasteiger partial charge >= 0.3 is 5.97 Å². The van der Waals surface area contributed by atoms with Gasteiger partial charge in [-0.05, 0) is 6.07 Å². The zero-order valence-electron chi connectivity index (χ0n) is 9.32. The zero-order chi connectivity index (χ0) is 12.0. The number of carbonyl (C=O) groups excluding carboxylic acids is 1. The third kappa shape index (κ3) is 3.09. The molecule has 0 saturated heterocycles. The van der Waals surface area contributed by atoms with E-state index in [0.29, 0.717) is 30.2 Å². The minimum absolute atomic E-state index is 0.331. The number of carbonyl (C=O) groups is 1. The van der Waals surface area contributed by atoms with Gasteiger partial charge in [-0.1, -0.05) is 0 Å². The molecule has 0 radical (unpaired) electrons. The Bertz CT molecular complexity index is 368. The van der Waals surface area contributed by atoms with Crippen LogP contribution in [0.4, 0.5) is 11.5 Å². The predicted octanol–water partition coefficient (Wildman–Crippen LogP) is 0.509. The third-order valence-electron chi connectivity index (χ3n) is 1.94. The van der Waals surface area contributed by atoms with Crippen LogP contribution in [-0.2, 0) is 9.47 Å². The Morgan fingerprint density at radius 2 is 2.31 bits per heavy atom. The number of pyridine rings is 1. The quantitative estimate of drug-likeness (QED) is 0.561. The molecular weight excluding hydrogens is 210 g/mol. The Hall–Kier alpha value is -1.82. The first-order valence-electron chi connectivity index (χ1n) is 4.75. The lowest BCUT2D eigenvalue weighted by Gasteiger charge is -2.08. The number of nitrogens with one attached hydrogen (secondary N) is 1. The fourth-order valence-corrected chi connectivity index (χ4v) is 1.13. The maximum atomic E-state index is 11.2. The Morgan fingerprint density at radius 3 is 2.88 bits per heavy atom. The molecule has 0 unspecified atom stereocenters. The molecule has 1 rings (SSSR count). The highest BCUT2D eigenvalue weighted by Crippen LogP contribution is 2.16. The lowest BCUT2D eigenvalue weighted by molar-refractivity contribution is 0.0600. The van der Waals surface area contributed by atoms with Crippen molar-refractivity contribution in [2.45, 2.75) is 0 Å². The zero-order valence-corrected chi connectivity index (χ0v) is 9.32. The highest BCUT2D eigenvalue weighted by Gasteiger charge is 2.08. The summed E-state index contributed by atoms with van der Waals surface area (Å²) < 4.78 is 9.43. The average Bonchev–Trinajstić information content (AvgIpc) is 2.30. The van der Waals surface area contributed by atoms with Crippen LogP contribution < -0.4 is 11.1 Å². The van der Waals surface area contributed by atoms with Crippen molar-refractivity contribution in [2.75, 3.05) is 38.4 Å². The standard InChI is InChI=1S/C10H15N3O3/c1-15-4-3-12-9-8(11)5-7(6-13-9)10(14)16-2/h5-6H,3-4,11H2,1-2H3,(H,12,13). The molecule has 0 bridgehead atoms. The second-order valence-electron chi connectivity index (χ2n) is 3.07. The molecule has 0 amide bonds. The van der Waals surface area contributed by atoms with Crippen molar-refractivity contribution in [3.05, 3.63) is 17.8 Å². The van der Waals surface area contributed by atoms with E-state index in [0.717, 1.165) is 0 Å². The van der Waals surface area contributed by atoms with E-state index in [1.165, 1.54) is 19.4 Å². The Kier molecular flexibility index (Phi) is 4.53. The average molecular weight is 225 g/mol. The smallest absolute Gasteiger partial charge is 0.339 e. The number of esters is 1. The highest BCUT2D eigenvalue weighted by molar-refractivity contribution is 5.90. The molecule has 1 aromatic heterocycles. The number of ether oxygens (including phenoxy) is 2. The van der Waals surface area contributed by atoms with E-state index in [1.54, 1.807) is 7.11 Å². The molecule has 0 atom stereocenters. The van der Waals surface area contributed by atoms with Crippen molar-refractivity contribution < 1.29 is 14.3 Å². The van der Waals surface area contributed by atoms with Gasteiger partial charge in [-0.15, -0.1) is 0 Å². The monoisotopic (exact) mass is 225 g/mol. The van der Waals surface area contributed by atoms with Crippen molar-refractivity contribution in [3.8, 4) is 0 Å². The van der Waals surface area contributed by atoms with Gasteiger partial charge in [0.25, 0.3) is 0 Å². The van der Waals surface area contributed by atoms with Gasteiger partial charge in [0, 0.05) is 19.9 Å². The number of nitrogens with two attached hydrogens (primary N) is 1. The summed E-state index contributed by atoms with van der Waals surface area (Å²) in [5.74, 6) is 0.0762. The first-order chi connectivity index (χ1) is 7.69. The molecule has 0 aliphatic heterocycles. The second kappa shape index (κ2) is 5.92. The van der Waals surface area contributed by atoms with E-state index in [4.69, 9.17) is 10.5 Å². The Morgan fingerprint density at radius 1 is 1.56 bits per heavy atom. The summed E-state index contributed by atoms with van der Waals surface area (Å²) in [5, 5.41) is 2.98. The van der Waals surface area contributed by atoms with Crippen LogP contribution in [0.2, 0.25) is 0 Å². The highest BCUT2D eigenvalue weighted by atomic mass is 16.5. The molecule has 1 aromatic rings. The van der Waals surface area contributed by atoms with Gasteiger partial charge in [0.15, 0.2) is 0 Å². The minimum Gasteiger partial charge on any atom is -0.465 e. The molecule has 3 N–H and O–H groups in total. The van der Waals surface area contributed by atoms with Gasteiger partial charge in [0.1, 0.15) is 5.82 Å². The minimum atomic E-state index is -0.456. The van der Waals surface area contributed by atoms with E-state index < -0.39 is 5.97 Å². The van der Waals surface area contributed by atoms with Crippen molar-refractivity contribution in [2.24, 2.45) is 0 Å². The molecule has 0 aliphatic rings. The van der Waals surface area contributed by atoms with Crippen LogP contribution in [0.15, 0.2) is 12.3 Å². The molecule has 1 heterocycles. The molecule has 0 saturated carbocycles. The topological polar surface area (TPSA) is 86.5 Å². The maximum Gasteiger partial charge on any atom is 0.339 e. The van der Waals surface area contributed by atoms with Crippen molar-refractivity contribution in [1.29, 1.82) is 0 Å². The molecule has 0 fully saturated rings. The normalized spacial score (nSPS) is 9.88. The van der Waals surface area contributed by atoms with Gasteiger partial charge in [0.2, 0.25) is 0 Å². The lowest BCUT2D eigenvalue weighted by atomic mass is 10.2. The number of rotatable bonds is 5.